The number of hydrogen-bond acceptors (Lipinski definition) is 2. The molecule has 20 heavy (non-hydrogen) atoms. The van der Waals surface area contributed by atoms with Crippen LogP contribution in [0.3, 0.4) is 0 Å². The van der Waals surface area contributed by atoms with E-state index in [-0.39, 0.29) is 34.5 Å². The number of rotatable bonds is 9. The van der Waals surface area contributed by atoms with Crippen molar-refractivity contribution in [2.24, 2.45) is 0 Å². The average molecular weight is 307 g/mol. The van der Waals surface area contributed by atoms with Gasteiger partial charge in [0.2, 0.25) is 0 Å². The first-order valence-electron chi connectivity index (χ1n) is 7.11. The summed E-state index contributed by atoms with van der Waals surface area (Å²) in [6.45, 7) is 2.20. The maximum Gasteiger partial charge on any atom is 0.294 e. The van der Waals surface area contributed by atoms with Crippen molar-refractivity contribution in [1.29, 1.82) is 0 Å². The molecule has 0 bridgehead atoms. The predicted molar refractivity (Wildman–Crippen MR) is 83.7 cm³/mol. The maximum atomic E-state index is 11.2. The quantitative estimate of drug-likeness (QED) is 0.428. The van der Waals surface area contributed by atoms with Gasteiger partial charge < -0.3 is 0 Å². The largest absolute Gasteiger partial charge is 0.294 e. The average Bonchev–Trinajstić information content (AvgIpc) is 2.37. The molecular formula is C15H24NaO3S. The molecule has 0 fully saturated rings. The van der Waals surface area contributed by atoms with Crippen LogP contribution in [0.1, 0.15) is 57.4 Å². The Balaban J connectivity index is 0.00000361. The Morgan fingerprint density at radius 2 is 1.50 bits per heavy atom. The number of aryl methyl sites for hydroxylation is 1. The Morgan fingerprint density at radius 3 is 2.10 bits per heavy atom. The molecule has 3 nitrogen and oxygen atoms in total. The second-order valence-electron chi connectivity index (χ2n) is 4.95. The van der Waals surface area contributed by atoms with Gasteiger partial charge in [-0.1, -0.05) is 63.6 Å². The summed E-state index contributed by atoms with van der Waals surface area (Å²) in [6.07, 6.45) is 9.10. The smallest absolute Gasteiger partial charge is 0.282 e. The van der Waals surface area contributed by atoms with Gasteiger partial charge in [-0.15, -0.1) is 0 Å². The molecule has 0 aliphatic carbocycles. The molecule has 0 aromatic heterocycles. The van der Waals surface area contributed by atoms with Gasteiger partial charge in [-0.25, -0.2) is 0 Å². The summed E-state index contributed by atoms with van der Waals surface area (Å²) in [5.41, 5.74) is 0.721. The van der Waals surface area contributed by atoms with Crippen molar-refractivity contribution >= 4 is 39.7 Å². The summed E-state index contributed by atoms with van der Waals surface area (Å²) in [5, 5.41) is 0. The van der Waals surface area contributed by atoms with Crippen LogP contribution in [-0.2, 0) is 16.5 Å². The molecule has 1 aromatic carbocycles. The van der Waals surface area contributed by atoms with Crippen LogP contribution in [0.5, 0.6) is 0 Å². The zero-order chi connectivity index (χ0) is 14.1. The first-order chi connectivity index (χ1) is 9.05. The molecule has 0 atom stereocenters. The first-order valence-corrected chi connectivity index (χ1v) is 8.55. The SMILES string of the molecule is CCCCCCCCCc1ccccc1S(=O)(=O)O.[Na]. The second kappa shape index (κ2) is 10.8. The van der Waals surface area contributed by atoms with Crippen molar-refractivity contribution in [3.63, 3.8) is 0 Å². The van der Waals surface area contributed by atoms with E-state index in [1.165, 1.54) is 38.2 Å². The molecule has 1 radical (unpaired) electrons. The van der Waals surface area contributed by atoms with E-state index in [0.29, 0.717) is 6.42 Å². The van der Waals surface area contributed by atoms with Gasteiger partial charge in [0, 0.05) is 29.6 Å². The van der Waals surface area contributed by atoms with Crippen molar-refractivity contribution in [3.8, 4) is 0 Å². The fourth-order valence-corrected chi connectivity index (χ4v) is 2.99. The van der Waals surface area contributed by atoms with Gasteiger partial charge in [0.25, 0.3) is 10.1 Å². The van der Waals surface area contributed by atoms with Gasteiger partial charge in [0.15, 0.2) is 0 Å². The molecule has 1 rings (SSSR count). The molecule has 0 spiro atoms. The Kier molecular flexibility index (Phi) is 10.9. The van der Waals surface area contributed by atoms with E-state index in [9.17, 15) is 8.42 Å². The topological polar surface area (TPSA) is 54.4 Å². The Bertz CT molecular complexity index is 472. The molecule has 1 aromatic rings. The third-order valence-corrected chi connectivity index (χ3v) is 4.25. The van der Waals surface area contributed by atoms with Crippen LogP contribution in [-0.4, -0.2) is 42.5 Å². The summed E-state index contributed by atoms with van der Waals surface area (Å²) in [7, 11) is -4.09. The van der Waals surface area contributed by atoms with Crippen LogP contribution >= 0.6 is 0 Å². The summed E-state index contributed by atoms with van der Waals surface area (Å²) in [5.74, 6) is 0. The molecule has 0 amide bonds. The van der Waals surface area contributed by atoms with Crippen LogP contribution in [0.15, 0.2) is 29.2 Å². The van der Waals surface area contributed by atoms with Gasteiger partial charge in [-0.2, -0.15) is 8.42 Å². The van der Waals surface area contributed by atoms with Crippen molar-refractivity contribution in [1.82, 2.24) is 0 Å². The minimum absolute atomic E-state index is 0. The Hall–Kier alpha value is 0.130. The summed E-state index contributed by atoms with van der Waals surface area (Å²) >= 11 is 0. The number of benzene rings is 1. The first kappa shape index (κ1) is 20.1. The molecule has 1 N–H and O–H groups in total. The fraction of sp³-hybridized carbons (Fsp3) is 0.600. The number of hydrogen-bond donors (Lipinski definition) is 1. The van der Waals surface area contributed by atoms with Crippen LogP contribution in [0.2, 0.25) is 0 Å². The predicted octanol–water partition coefficient (Wildman–Crippen LogP) is 3.85. The van der Waals surface area contributed by atoms with Crippen LogP contribution in [0.4, 0.5) is 0 Å². The van der Waals surface area contributed by atoms with E-state index in [1.54, 1.807) is 12.1 Å². The van der Waals surface area contributed by atoms with Crippen molar-refractivity contribution in [3.05, 3.63) is 29.8 Å². The molecule has 0 saturated heterocycles. The molecule has 109 valence electrons. The van der Waals surface area contributed by atoms with Crippen LogP contribution in [0.25, 0.3) is 0 Å². The third-order valence-electron chi connectivity index (χ3n) is 3.30. The summed E-state index contributed by atoms with van der Waals surface area (Å²) in [4.78, 5) is 0.0565. The number of unbranched alkanes of at least 4 members (excludes halogenated alkanes) is 6. The van der Waals surface area contributed by atoms with E-state index < -0.39 is 10.1 Å². The van der Waals surface area contributed by atoms with Crippen molar-refractivity contribution in [2.75, 3.05) is 0 Å². The molecule has 0 heterocycles. The summed E-state index contributed by atoms with van der Waals surface area (Å²) in [6, 6.07) is 6.69. The molecule has 0 unspecified atom stereocenters. The van der Waals surface area contributed by atoms with E-state index in [2.05, 4.69) is 6.92 Å². The van der Waals surface area contributed by atoms with Gasteiger partial charge >= 0.3 is 0 Å². The van der Waals surface area contributed by atoms with Gasteiger partial charge in [0.1, 0.15) is 0 Å². The monoisotopic (exact) mass is 307 g/mol. The maximum absolute atomic E-state index is 11.2. The van der Waals surface area contributed by atoms with E-state index in [4.69, 9.17) is 4.55 Å². The van der Waals surface area contributed by atoms with E-state index >= 15 is 0 Å². The van der Waals surface area contributed by atoms with Crippen molar-refractivity contribution < 1.29 is 13.0 Å². The Labute approximate surface area is 145 Å². The Morgan fingerprint density at radius 1 is 0.950 bits per heavy atom. The minimum Gasteiger partial charge on any atom is -0.282 e. The standard InChI is InChI=1S/C15H24O3S.Na/c1-2-3-4-5-6-7-8-11-14-12-9-10-13-15(14)19(16,17)18;/h9-10,12-13H,2-8,11H2,1H3,(H,16,17,18);. The molecule has 0 saturated carbocycles. The normalized spacial score (nSPS) is 11.1. The third kappa shape index (κ3) is 7.79. The van der Waals surface area contributed by atoms with Crippen LogP contribution < -0.4 is 0 Å². The molecule has 0 aliphatic rings. The summed E-state index contributed by atoms with van der Waals surface area (Å²) < 4.78 is 31.6. The molecule has 5 heteroatoms. The molecular weight excluding hydrogens is 283 g/mol. The second-order valence-corrected chi connectivity index (χ2v) is 6.34. The van der Waals surface area contributed by atoms with Crippen molar-refractivity contribution in [2.45, 2.75) is 63.2 Å². The van der Waals surface area contributed by atoms with Gasteiger partial charge in [-0.3, -0.25) is 4.55 Å². The zero-order valence-corrected chi connectivity index (χ0v) is 15.5. The van der Waals surface area contributed by atoms with E-state index in [0.717, 1.165) is 18.4 Å². The van der Waals surface area contributed by atoms with Gasteiger partial charge in [0.05, 0.1) is 4.90 Å². The minimum atomic E-state index is -4.09. The fourth-order valence-electron chi connectivity index (χ4n) is 2.23. The zero-order valence-electron chi connectivity index (χ0n) is 12.6. The molecule has 0 aliphatic heterocycles. The van der Waals surface area contributed by atoms with Gasteiger partial charge in [-0.05, 0) is 24.5 Å². The van der Waals surface area contributed by atoms with E-state index in [1.807, 2.05) is 6.07 Å². The van der Waals surface area contributed by atoms with Crippen LogP contribution in [0, 0.1) is 0 Å².